The van der Waals surface area contributed by atoms with Crippen LogP contribution in [0, 0.1) is 5.92 Å². The van der Waals surface area contributed by atoms with Crippen LogP contribution in [0.4, 0.5) is 5.69 Å². The lowest BCUT2D eigenvalue weighted by Gasteiger charge is -2.29. The lowest BCUT2D eigenvalue weighted by atomic mass is 9.85. The maximum atomic E-state index is 13.1. The SMILES string of the molecule is NCCCOc1ccc2nccc(NC(=O)C3CCC(NCc4ccc5c(c4)OCCO5)CC3)c2n1.O=C(O)C(=O)O.O=C(O)C(=O)O. The Morgan fingerprint density at radius 2 is 1.50 bits per heavy atom. The number of aromatic nitrogens is 2. The third-order valence-corrected chi connectivity index (χ3v) is 7.08. The summed E-state index contributed by atoms with van der Waals surface area (Å²) < 4.78 is 17.0. The normalized spacial score (nSPS) is 16.2. The molecule has 1 aliphatic heterocycles. The highest BCUT2D eigenvalue weighted by Crippen LogP contribution is 2.31. The van der Waals surface area contributed by atoms with E-state index in [1.807, 2.05) is 18.2 Å². The molecule has 17 heteroatoms. The molecule has 2 aromatic heterocycles. The molecular weight excluding hydrogens is 634 g/mol. The van der Waals surface area contributed by atoms with Crippen LogP contribution in [-0.4, -0.2) is 92.6 Å². The molecule has 0 bridgehead atoms. The fourth-order valence-electron chi connectivity index (χ4n) is 4.70. The first-order chi connectivity index (χ1) is 23.0. The van der Waals surface area contributed by atoms with Crippen molar-refractivity contribution in [2.75, 3.05) is 31.7 Å². The number of rotatable bonds is 9. The second kappa shape index (κ2) is 18.6. The van der Waals surface area contributed by atoms with Gasteiger partial charge in [-0.1, -0.05) is 6.07 Å². The van der Waals surface area contributed by atoms with E-state index in [0.717, 1.165) is 50.1 Å². The van der Waals surface area contributed by atoms with Gasteiger partial charge in [0.2, 0.25) is 11.8 Å². The molecule has 1 aliphatic carbocycles. The molecule has 0 spiro atoms. The fraction of sp³-hybridized carbons (Fsp3) is 0.387. The van der Waals surface area contributed by atoms with Gasteiger partial charge in [-0.15, -0.1) is 0 Å². The molecule has 1 amide bonds. The summed E-state index contributed by atoms with van der Waals surface area (Å²) in [6.45, 7) is 3.02. The number of carbonyl (C=O) groups is 5. The number of hydrogen-bond donors (Lipinski definition) is 7. The maximum Gasteiger partial charge on any atom is 0.414 e. The van der Waals surface area contributed by atoms with Crippen LogP contribution in [0.5, 0.6) is 17.4 Å². The predicted octanol–water partition coefficient (Wildman–Crippen LogP) is 1.73. The number of carboxylic acids is 4. The molecule has 3 heterocycles. The fourth-order valence-corrected chi connectivity index (χ4v) is 4.70. The molecule has 2 aliphatic rings. The van der Waals surface area contributed by atoms with Crippen LogP contribution < -0.4 is 30.6 Å². The van der Waals surface area contributed by atoms with E-state index >= 15 is 0 Å². The number of amides is 1. The molecule has 0 atom stereocenters. The van der Waals surface area contributed by atoms with Crippen LogP contribution in [0.3, 0.4) is 0 Å². The first-order valence-electron chi connectivity index (χ1n) is 14.9. The quantitative estimate of drug-likeness (QED) is 0.126. The molecule has 0 saturated heterocycles. The molecular formula is C31H37N5O12. The lowest BCUT2D eigenvalue weighted by molar-refractivity contribution is -0.159. The molecule has 1 aromatic carbocycles. The number of carbonyl (C=O) groups excluding carboxylic acids is 1. The van der Waals surface area contributed by atoms with E-state index in [1.54, 1.807) is 18.3 Å². The molecule has 1 saturated carbocycles. The van der Waals surface area contributed by atoms with E-state index in [9.17, 15) is 4.79 Å². The Labute approximate surface area is 274 Å². The van der Waals surface area contributed by atoms with E-state index in [2.05, 4.69) is 26.7 Å². The van der Waals surface area contributed by atoms with Crippen LogP contribution in [0.2, 0.25) is 0 Å². The van der Waals surface area contributed by atoms with Gasteiger partial charge in [0.15, 0.2) is 11.5 Å². The van der Waals surface area contributed by atoms with E-state index in [4.69, 9.17) is 59.5 Å². The second-order valence-electron chi connectivity index (χ2n) is 10.5. The zero-order chi connectivity index (χ0) is 35.1. The second-order valence-corrected chi connectivity index (χ2v) is 10.5. The van der Waals surface area contributed by atoms with E-state index in [1.165, 1.54) is 5.56 Å². The summed E-state index contributed by atoms with van der Waals surface area (Å²) in [5, 5.41) is 36.3. The molecule has 1 fully saturated rings. The average Bonchev–Trinajstić information content (AvgIpc) is 3.08. The van der Waals surface area contributed by atoms with E-state index < -0.39 is 23.9 Å². The molecule has 0 unspecified atom stereocenters. The van der Waals surface area contributed by atoms with Gasteiger partial charge in [-0.2, -0.15) is 0 Å². The number of nitrogens with zero attached hydrogens (tertiary/aromatic N) is 2. The first-order valence-corrected chi connectivity index (χ1v) is 14.9. The highest BCUT2D eigenvalue weighted by Gasteiger charge is 2.27. The summed E-state index contributed by atoms with van der Waals surface area (Å²) in [4.78, 5) is 58.4. The molecule has 17 nitrogen and oxygen atoms in total. The van der Waals surface area contributed by atoms with Gasteiger partial charge >= 0.3 is 23.9 Å². The lowest BCUT2D eigenvalue weighted by Crippen LogP contribution is -2.36. The highest BCUT2D eigenvalue weighted by atomic mass is 16.6. The minimum atomic E-state index is -1.82. The predicted molar refractivity (Wildman–Crippen MR) is 168 cm³/mol. The van der Waals surface area contributed by atoms with Crippen LogP contribution >= 0.6 is 0 Å². The zero-order valence-corrected chi connectivity index (χ0v) is 25.8. The van der Waals surface area contributed by atoms with E-state index in [0.29, 0.717) is 55.0 Å². The van der Waals surface area contributed by atoms with Crippen molar-refractivity contribution in [2.45, 2.75) is 44.7 Å². The Bertz CT molecular complexity index is 1550. The molecule has 8 N–H and O–H groups in total. The standard InChI is InChI=1S/C27H33N5O4.2C2H2O4/c28-11-1-13-36-25-9-7-21-26(32-25)22(10-12-29-21)31-27(33)19-3-5-20(6-4-19)30-17-18-2-8-23-24(16-18)35-15-14-34-23;2*3-1(4)2(5)6/h2,7-10,12,16,19-20,30H,1,3-6,11,13-15,17,28H2,(H,29,31,33);2*(H,3,4)(H,5,6). The molecule has 258 valence electrons. The smallest absolute Gasteiger partial charge is 0.414 e. The zero-order valence-electron chi connectivity index (χ0n) is 25.8. The number of benzene rings is 1. The third-order valence-electron chi connectivity index (χ3n) is 7.08. The molecule has 48 heavy (non-hydrogen) atoms. The number of nitrogens with two attached hydrogens (primary N) is 1. The van der Waals surface area contributed by atoms with Crippen molar-refractivity contribution >= 4 is 46.5 Å². The minimum absolute atomic E-state index is 0.0236. The van der Waals surface area contributed by atoms with Gasteiger partial charge in [0.25, 0.3) is 0 Å². The number of fused-ring (bicyclic) bond motifs is 2. The number of hydrogen-bond acceptors (Lipinski definition) is 12. The first kappa shape index (κ1) is 36.9. The van der Waals surface area contributed by atoms with Gasteiger partial charge in [0.05, 0.1) is 17.8 Å². The molecule has 5 rings (SSSR count). The van der Waals surface area contributed by atoms with Gasteiger partial charge in [-0.25, -0.2) is 24.2 Å². The summed E-state index contributed by atoms with van der Waals surface area (Å²) >= 11 is 0. The summed E-state index contributed by atoms with van der Waals surface area (Å²) in [5.41, 5.74) is 8.71. The minimum Gasteiger partial charge on any atom is -0.486 e. The summed E-state index contributed by atoms with van der Waals surface area (Å²) in [6, 6.07) is 11.9. The van der Waals surface area contributed by atoms with Crippen LogP contribution in [0.25, 0.3) is 11.0 Å². The van der Waals surface area contributed by atoms with Crippen LogP contribution in [-0.2, 0) is 30.5 Å². The largest absolute Gasteiger partial charge is 0.486 e. The van der Waals surface area contributed by atoms with Crippen molar-refractivity contribution in [3.05, 3.63) is 48.2 Å². The third kappa shape index (κ3) is 11.7. The summed E-state index contributed by atoms with van der Waals surface area (Å²) in [7, 11) is 0. The average molecular weight is 672 g/mol. The van der Waals surface area contributed by atoms with Crippen LogP contribution in [0.1, 0.15) is 37.7 Å². The molecule has 3 aromatic rings. The number of aliphatic carboxylic acids is 4. The number of carboxylic acid groups (broad SMARTS) is 4. The Morgan fingerprint density at radius 3 is 2.12 bits per heavy atom. The Kier molecular flexibility index (Phi) is 14.3. The monoisotopic (exact) mass is 671 g/mol. The van der Waals surface area contributed by atoms with Crippen LogP contribution in [0.15, 0.2) is 42.6 Å². The number of pyridine rings is 2. The Hall–Kier alpha value is -5.55. The topological polar surface area (TPSA) is 270 Å². The van der Waals surface area contributed by atoms with E-state index in [-0.39, 0.29) is 11.8 Å². The Morgan fingerprint density at radius 1 is 0.854 bits per heavy atom. The van der Waals surface area contributed by atoms with Gasteiger partial charge in [0.1, 0.15) is 18.7 Å². The van der Waals surface area contributed by atoms with Crippen molar-refractivity contribution in [3.8, 4) is 17.4 Å². The number of anilines is 1. The van der Waals surface area contributed by atoms with Crippen molar-refractivity contribution < 1.29 is 58.6 Å². The summed E-state index contributed by atoms with van der Waals surface area (Å²) in [5.74, 6) is -5.16. The van der Waals surface area contributed by atoms with Crippen molar-refractivity contribution in [1.82, 2.24) is 15.3 Å². The molecule has 0 radical (unpaired) electrons. The number of nitrogens with one attached hydrogen (secondary N) is 2. The van der Waals surface area contributed by atoms with Gasteiger partial charge in [-0.3, -0.25) is 9.78 Å². The van der Waals surface area contributed by atoms with Crippen molar-refractivity contribution in [2.24, 2.45) is 11.7 Å². The summed E-state index contributed by atoms with van der Waals surface area (Å²) in [6.07, 6.45) is 6.04. The van der Waals surface area contributed by atoms with Crippen molar-refractivity contribution in [1.29, 1.82) is 0 Å². The van der Waals surface area contributed by atoms with Crippen molar-refractivity contribution in [3.63, 3.8) is 0 Å². The number of ether oxygens (including phenoxy) is 3. The highest BCUT2D eigenvalue weighted by molar-refractivity contribution is 6.27. The van der Waals surface area contributed by atoms with Gasteiger partial charge < -0.3 is 51.0 Å². The van der Waals surface area contributed by atoms with Gasteiger partial charge in [0, 0.05) is 30.8 Å². The maximum absolute atomic E-state index is 13.1. The Balaban J connectivity index is 0.000000446. The van der Waals surface area contributed by atoms with Gasteiger partial charge in [-0.05, 0) is 68.5 Å².